The number of anilines is 1. The van der Waals surface area contributed by atoms with Gasteiger partial charge in [-0.2, -0.15) is 0 Å². The number of rotatable bonds is 4. The lowest BCUT2D eigenvalue weighted by atomic mass is 10.1. The highest BCUT2D eigenvalue weighted by molar-refractivity contribution is 5.93. The Hall–Kier alpha value is -2.44. The topological polar surface area (TPSA) is 84.2 Å². The lowest BCUT2D eigenvalue weighted by Gasteiger charge is -2.32. The molecule has 1 aliphatic heterocycles. The number of nitrogens with zero attached hydrogens (tertiary/aromatic N) is 4. The Morgan fingerprint density at radius 3 is 3.00 bits per heavy atom. The molecule has 1 aliphatic rings. The van der Waals surface area contributed by atoms with Crippen LogP contribution in [0.2, 0.25) is 0 Å². The highest BCUT2D eigenvalue weighted by Crippen LogP contribution is 2.16. The number of aryl methyl sites for hydroxylation is 1. The smallest absolute Gasteiger partial charge is 0.273 e. The van der Waals surface area contributed by atoms with Gasteiger partial charge in [-0.25, -0.2) is 15.0 Å². The van der Waals surface area contributed by atoms with Crippen LogP contribution in [0.25, 0.3) is 0 Å². The van der Waals surface area contributed by atoms with Crippen molar-refractivity contribution in [2.45, 2.75) is 32.2 Å². The zero-order valence-corrected chi connectivity index (χ0v) is 12.5. The van der Waals surface area contributed by atoms with Gasteiger partial charge < -0.3 is 14.6 Å². The molecule has 1 atom stereocenters. The molecule has 3 rings (SSSR count). The quantitative estimate of drug-likeness (QED) is 0.919. The number of oxazole rings is 1. The molecule has 3 heterocycles. The number of nitrogens with one attached hydrogen (secondary N) is 1. The van der Waals surface area contributed by atoms with Gasteiger partial charge in [0.25, 0.3) is 5.91 Å². The molecule has 0 saturated carbocycles. The predicted molar refractivity (Wildman–Crippen MR) is 80.6 cm³/mol. The van der Waals surface area contributed by atoms with Crippen LogP contribution in [-0.2, 0) is 6.42 Å². The van der Waals surface area contributed by atoms with Crippen LogP contribution in [-0.4, -0.2) is 40.0 Å². The van der Waals surface area contributed by atoms with E-state index in [0.717, 1.165) is 19.4 Å². The second-order valence-electron chi connectivity index (χ2n) is 5.29. The van der Waals surface area contributed by atoms with Crippen molar-refractivity contribution in [1.82, 2.24) is 20.3 Å². The Morgan fingerprint density at radius 1 is 1.41 bits per heavy atom. The summed E-state index contributed by atoms with van der Waals surface area (Å²) >= 11 is 0. The lowest BCUT2D eigenvalue weighted by Crippen LogP contribution is -2.48. The number of carbonyl (C=O) groups excluding carboxylic acids is 1. The van der Waals surface area contributed by atoms with Gasteiger partial charge in [0.2, 0.25) is 5.95 Å². The minimum atomic E-state index is -0.175. The van der Waals surface area contributed by atoms with Crippen molar-refractivity contribution in [3.8, 4) is 0 Å². The average Bonchev–Trinajstić information content (AvgIpc) is 3.05. The van der Waals surface area contributed by atoms with Crippen molar-refractivity contribution >= 4 is 11.9 Å². The minimum absolute atomic E-state index is 0.0615. The van der Waals surface area contributed by atoms with Crippen LogP contribution >= 0.6 is 0 Å². The molecule has 22 heavy (non-hydrogen) atoms. The number of aromatic nitrogens is 3. The summed E-state index contributed by atoms with van der Waals surface area (Å²) in [4.78, 5) is 27.0. The molecule has 116 valence electrons. The lowest BCUT2D eigenvalue weighted by molar-refractivity contribution is 0.0926. The molecule has 0 aromatic carbocycles. The number of hydrogen-bond acceptors (Lipinski definition) is 6. The monoisotopic (exact) mass is 301 g/mol. The second kappa shape index (κ2) is 6.55. The molecular formula is C15H19N5O2. The van der Waals surface area contributed by atoms with E-state index in [4.69, 9.17) is 4.42 Å². The van der Waals surface area contributed by atoms with Gasteiger partial charge in [-0.3, -0.25) is 4.79 Å². The van der Waals surface area contributed by atoms with E-state index in [0.29, 0.717) is 30.4 Å². The Morgan fingerprint density at radius 2 is 2.23 bits per heavy atom. The molecule has 1 saturated heterocycles. The Labute approximate surface area is 128 Å². The first-order chi connectivity index (χ1) is 10.8. The molecule has 0 bridgehead atoms. The third-order valence-corrected chi connectivity index (χ3v) is 3.77. The summed E-state index contributed by atoms with van der Waals surface area (Å²) in [7, 11) is 0. The maximum atomic E-state index is 12.3. The molecule has 2 aromatic rings. The summed E-state index contributed by atoms with van der Waals surface area (Å²) in [6.45, 7) is 3.54. The first-order valence-electron chi connectivity index (χ1n) is 7.53. The standard InChI is InChI=1S/C15H19N5O2/c1-2-12-13(18-10-22-12)14(21)19-11-5-3-8-20(9-11)15-16-6-4-7-17-15/h4,6-7,10-11H,2-3,5,8-9H2,1H3,(H,19,21)/t11-/m0/s1. The summed E-state index contributed by atoms with van der Waals surface area (Å²) in [6.07, 6.45) is 7.36. The predicted octanol–water partition coefficient (Wildman–Crippen LogP) is 1.43. The highest BCUT2D eigenvalue weighted by atomic mass is 16.3. The average molecular weight is 301 g/mol. The Kier molecular flexibility index (Phi) is 4.32. The van der Waals surface area contributed by atoms with E-state index in [9.17, 15) is 4.79 Å². The second-order valence-corrected chi connectivity index (χ2v) is 5.29. The van der Waals surface area contributed by atoms with Crippen LogP contribution in [0.1, 0.15) is 36.0 Å². The molecule has 0 radical (unpaired) electrons. The summed E-state index contributed by atoms with van der Waals surface area (Å²) in [6, 6.07) is 1.86. The fraction of sp³-hybridized carbons (Fsp3) is 0.467. The normalized spacial score (nSPS) is 18.2. The maximum Gasteiger partial charge on any atom is 0.273 e. The van der Waals surface area contributed by atoms with E-state index in [1.165, 1.54) is 6.39 Å². The number of hydrogen-bond donors (Lipinski definition) is 1. The van der Waals surface area contributed by atoms with Crippen LogP contribution in [0.15, 0.2) is 29.3 Å². The molecule has 1 fully saturated rings. The van der Waals surface area contributed by atoms with Gasteiger partial charge in [0.05, 0.1) is 0 Å². The molecule has 1 amide bonds. The van der Waals surface area contributed by atoms with Crippen molar-refractivity contribution in [1.29, 1.82) is 0 Å². The van der Waals surface area contributed by atoms with Gasteiger partial charge in [0.1, 0.15) is 5.76 Å². The molecule has 1 N–H and O–H groups in total. The molecule has 2 aromatic heterocycles. The van der Waals surface area contributed by atoms with Crippen LogP contribution in [0.5, 0.6) is 0 Å². The van der Waals surface area contributed by atoms with E-state index in [1.54, 1.807) is 18.5 Å². The minimum Gasteiger partial charge on any atom is -0.448 e. The van der Waals surface area contributed by atoms with Gasteiger partial charge in [-0.15, -0.1) is 0 Å². The van der Waals surface area contributed by atoms with Crippen molar-refractivity contribution in [3.05, 3.63) is 36.3 Å². The van der Waals surface area contributed by atoms with Gasteiger partial charge in [-0.05, 0) is 18.9 Å². The molecule has 7 heteroatoms. The fourth-order valence-electron chi connectivity index (χ4n) is 2.69. The van der Waals surface area contributed by atoms with Gasteiger partial charge in [0, 0.05) is 37.9 Å². The fourth-order valence-corrected chi connectivity index (χ4v) is 2.69. The Balaban J connectivity index is 1.64. The SMILES string of the molecule is CCc1ocnc1C(=O)N[C@H]1CCCN(c2ncccn2)C1. The molecule has 0 spiro atoms. The molecular weight excluding hydrogens is 282 g/mol. The third kappa shape index (κ3) is 3.08. The van der Waals surface area contributed by atoms with Gasteiger partial charge in [0.15, 0.2) is 12.1 Å². The zero-order valence-electron chi connectivity index (χ0n) is 12.5. The number of piperidine rings is 1. The van der Waals surface area contributed by atoms with E-state index < -0.39 is 0 Å². The summed E-state index contributed by atoms with van der Waals surface area (Å²) in [5.74, 6) is 1.15. The van der Waals surface area contributed by atoms with Gasteiger partial charge in [-0.1, -0.05) is 6.92 Å². The van der Waals surface area contributed by atoms with E-state index in [2.05, 4.69) is 25.2 Å². The molecule has 0 aliphatic carbocycles. The largest absolute Gasteiger partial charge is 0.448 e. The van der Waals surface area contributed by atoms with E-state index in [-0.39, 0.29) is 11.9 Å². The van der Waals surface area contributed by atoms with Crippen LogP contribution in [0, 0.1) is 0 Å². The summed E-state index contributed by atoms with van der Waals surface area (Å²) in [5, 5.41) is 3.04. The first-order valence-corrected chi connectivity index (χ1v) is 7.53. The summed E-state index contributed by atoms with van der Waals surface area (Å²) < 4.78 is 5.21. The number of amides is 1. The highest BCUT2D eigenvalue weighted by Gasteiger charge is 2.25. The van der Waals surface area contributed by atoms with Crippen molar-refractivity contribution in [2.75, 3.05) is 18.0 Å². The van der Waals surface area contributed by atoms with Gasteiger partial charge >= 0.3 is 0 Å². The molecule has 7 nitrogen and oxygen atoms in total. The van der Waals surface area contributed by atoms with Crippen molar-refractivity contribution in [3.63, 3.8) is 0 Å². The van der Waals surface area contributed by atoms with E-state index >= 15 is 0 Å². The number of carbonyl (C=O) groups is 1. The zero-order chi connectivity index (χ0) is 15.4. The Bertz CT molecular complexity index is 628. The van der Waals surface area contributed by atoms with Crippen molar-refractivity contribution < 1.29 is 9.21 Å². The first kappa shape index (κ1) is 14.5. The summed E-state index contributed by atoms with van der Waals surface area (Å²) in [5.41, 5.74) is 0.385. The van der Waals surface area contributed by atoms with Crippen molar-refractivity contribution in [2.24, 2.45) is 0 Å². The van der Waals surface area contributed by atoms with Crippen LogP contribution in [0.3, 0.4) is 0 Å². The van der Waals surface area contributed by atoms with Crippen LogP contribution in [0.4, 0.5) is 5.95 Å². The third-order valence-electron chi connectivity index (χ3n) is 3.77. The molecule has 0 unspecified atom stereocenters. The maximum absolute atomic E-state index is 12.3. The van der Waals surface area contributed by atoms with Crippen LogP contribution < -0.4 is 10.2 Å². The van der Waals surface area contributed by atoms with E-state index in [1.807, 2.05) is 6.92 Å².